The smallest absolute Gasteiger partial charge is 0.387 e. The van der Waals surface area contributed by atoms with Crippen LogP contribution in [0.15, 0.2) is 24.3 Å². The number of fused-ring (bicyclic) bond motifs is 1. The van der Waals surface area contributed by atoms with Crippen molar-refractivity contribution in [3.05, 3.63) is 45.8 Å². The van der Waals surface area contributed by atoms with Crippen molar-refractivity contribution in [3.8, 4) is 5.75 Å². The topological polar surface area (TPSA) is 64.6 Å². The summed E-state index contributed by atoms with van der Waals surface area (Å²) in [6, 6.07) is 5.41. The molecule has 5 nitrogen and oxygen atoms in total. The number of rotatable bonds is 7. The van der Waals surface area contributed by atoms with Gasteiger partial charge in [0, 0.05) is 10.4 Å². The van der Waals surface area contributed by atoms with E-state index < -0.39 is 18.5 Å². The molecule has 1 heterocycles. The van der Waals surface area contributed by atoms with Crippen molar-refractivity contribution in [1.29, 1.82) is 0 Å². The van der Waals surface area contributed by atoms with Gasteiger partial charge in [-0.2, -0.15) is 8.78 Å². The number of benzene rings is 1. The van der Waals surface area contributed by atoms with Gasteiger partial charge in [-0.05, 0) is 60.4 Å². The Labute approximate surface area is 184 Å². The van der Waals surface area contributed by atoms with Crippen LogP contribution in [-0.2, 0) is 17.6 Å². The van der Waals surface area contributed by atoms with E-state index in [1.54, 1.807) is 0 Å². The van der Waals surface area contributed by atoms with Crippen LogP contribution in [0.5, 0.6) is 5.75 Å². The van der Waals surface area contributed by atoms with Crippen molar-refractivity contribution >= 4 is 28.2 Å². The lowest BCUT2D eigenvalue weighted by Gasteiger charge is -2.36. The van der Waals surface area contributed by atoms with Crippen LogP contribution in [0.2, 0.25) is 0 Å². The molecule has 1 aromatic carbocycles. The number of carbonyl (C=O) groups is 2. The van der Waals surface area contributed by atoms with Gasteiger partial charge in [-0.15, -0.1) is 11.3 Å². The van der Waals surface area contributed by atoms with Crippen molar-refractivity contribution in [2.24, 2.45) is 11.3 Å². The van der Waals surface area contributed by atoms with Crippen molar-refractivity contribution in [2.75, 3.05) is 12.4 Å². The summed E-state index contributed by atoms with van der Waals surface area (Å²) in [6.07, 6.45) is 3.67. The highest BCUT2D eigenvalue weighted by molar-refractivity contribution is 7.17. The van der Waals surface area contributed by atoms with Crippen LogP contribution in [0.25, 0.3) is 0 Å². The number of esters is 1. The molecule has 0 saturated heterocycles. The molecular weight excluding hydrogens is 424 g/mol. The number of ether oxygens (including phenoxy) is 2. The molecule has 1 aromatic heterocycles. The fourth-order valence-electron chi connectivity index (χ4n) is 3.91. The highest BCUT2D eigenvalue weighted by Gasteiger charge is 2.35. The number of amides is 1. The lowest BCUT2D eigenvalue weighted by Crippen LogP contribution is -2.28. The Balaban J connectivity index is 1.86. The SMILES string of the molecule is CCC(C)(C)[C@H]1CCc2c(sc(NC(=O)c3ccc(OC(F)F)cc3)c2C(=O)OC)C1. The van der Waals surface area contributed by atoms with E-state index in [1.165, 1.54) is 42.7 Å². The minimum Gasteiger partial charge on any atom is -0.465 e. The Hall–Kier alpha value is -2.48. The van der Waals surface area contributed by atoms with E-state index in [-0.39, 0.29) is 16.7 Å². The van der Waals surface area contributed by atoms with Gasteiger partial charge in [-0.25, -0.2) is 4.79 Å². The molecule has 3 rings (SSSR count). The first-order chi connectivity index (χ1) is 14.7. The molecular formula is C23H27F2NO4S. The number of hydrogen-bond acceptors (Lipinski definition) is 5. The van der Waals surface area contributed by atoms with Gasteiger partial charge >= 0.3 is 12.6 Å². The normalized spacial score (nSPS) is 16.0. The molecule has 0 radical (unpaired) electrons. The van der Waals surface area contributed by atoms with Crippen molar-refractivity contribution in [2.45, 2.75) is 53.1 Å². The quantitative estimate of drug-likeness (QED) is 0.530. The minimum absolute atomic E-state index is 0.0297. The Kier molecular flexibility index (Phi) is 6.99. The van der Waals surface area contributed by atoms with Gasteiger partial charge in [0.05, 0.1) is 12.7 Å². The number of nitrogens with one attached hydrogen (secondary N) is 1. The summed E-state index contributed by atoms with van der Waals surface area (Å²) >= 11 is 1.41. The van der Waals surface area contributed by atoms with Gasteiger partial charge in [0.1, 0.15) is 10.8 Å². The van der Waals surface area contributed by atoms with Gasteiger partial charge in [-0.3, -0.25) is 4.79 Å². The third kappa shape index (κ3) is 5.06. The molecule has 0 aliphatic heterocycles. The fourth-order valence-corrected chi connectivity index (χ4v) is 5.22. The average molecular weight is 452 g/mol. The highest BCUT2D eigenvalue weighted by atomic mass is 32.1. The maximum Gasteiger partial charge on any atom is 0.387 e. The Morgan fingerprint density at radius 1 is 1.26 bits per heavy atom. The molecule has 1 aliphatic rings. The summed E-state index contributed by atoms with van der Waals surface area (Å²) in [7, 11) is 1.32. The fraction of sp³-hybridized carbons (Fsp3) is 0.478. The van der Waals surface area contributed by atoms with Crippen LogP contribution < -0.4 is 10.1 Å². The number of carbonyl (C=O) groups excluding carboxylic acids is 2. The standard InChI is InChI=1S/C23H27F2NO4S/c1-5-23(2,3)14-8-11-16-17(12-14)31-20(18(16)21(28)29-4)26-19(27)13-6-9-15(10-7-13)30-22(24)25/h6-7,9-10,14,22H,5,8,11-12H2,1-4H3,(H,26,27)/t14-/m0/s1. The van der Waals surface area contributed by atoms with Crippen LogP contribution in [0.3, 0.4) is 0 Å². The largest absolute Gasteiger partial charge is 0.465 e. The summed E-state index contributed by atoms with van der Waals surface area (Å²) in [5.41, 5.74) is 1.84. The van der Waals surface area contributed by atoms with Crippen molar-refractivity contribution in [3.63, 3.8) is 0 Å². The predicted molar refractivity (Wildman–Crippen MR) is 116 cm³/mol. The molecule has 0 fully saturated rings. The van der Waals surface area contributed by atoms with E-state index >= 15 is 0 Å². The summed E-state index contributed by atoms with van der Waals surface area (Å²) in [6.45, 7) is 3.79. The predicted octanol–water partition coefficient (Wildman–Crippen LogP) is 5.93. The Morgan fingerprint density at radius 2 is 1.94 bits per heavy atom. The monoisotopic (exact) mass is 451 g/mol. The Bertz CT molecular complexity index is 953. The van der Waals surface area contributed by atoms with Crippen LogP contribution in [0, 0.1) is 11.3 Å². The molecule has 1 aliphatic carbocycles. The number of halogens is 2. The molecule has 2 aromatic rings. The van der Waals surface area contributed by atoms with Gasteiger partial charge in [-0.1, -0.05) is 27.2 Å². The molecule has 0 bridgehead atoms. The summed E-state index contributed by atoms with van der Waals surface area (Å²) < 4.78 is 33.9. The van der Waals surface area contributed by atoms with Crippen molar-refractivity contribution < 1.29 is 27.8 Å². The third-order valence-corrected chi connectivity index (χ3v) is 7.41. The molecule has 168 valence electrons. The first kappa shape index (κ1) is 23.2. The maximum atomic E-state index is 12.7. The molecule has 0 saturated carbocycles. The Morgan fingerprint density at radius 3 is 2.52 bits per heavy atom. The second kappa shape index (κ2) is 9.34. The van der Waals surface area contributed by atoms with Crippen molar-refractivity contribution in [1.82, 2.24) is 0 Å². The zero-order valence-corrected chi connectivity index (χ0v) is 18.9. The molecule has 8 heteroatoms. The van der Waals surface area contributed by atoms with Crippen LogP contribution in [0.1, 0.15) is 64.8 Å². The minimum atomic E-state index is -2.93. The second-order valence-electron chi connectivity index (χ2n) is 8.34. The molecule has 1 amide bonds. The number of methoxy groups -OCH3 is 1. The van der Waals surface area contributed by atoms with Gasteiger partial charge in [0.15, 0.2) is 0 Å². The first-order valence-corrected chi connectivity index (χ1v) is 11.1. The number of alkyl halides is 2. The van der Waals surface area contributed by atoms with E-state index in [1.807, 2.05) is 0 Å². The third-order valence-electron chi connectivity index (χ3n) is 6.24. The van der Waals surface area contributed by atoms with Crippen LogP contribution >= 0.6 is 11.3 Å². The van der Waals surface area contributed by atoms with E-state index in [2.05, 4.69) is 30.8 Å². The summed E-state index contributed by atoms with van der Waals surface area (Å²) in [4.78, 5) is 26.4. The lowest BCUT2D eigenvalue weighted by atomic mass is 9.69. The first-order valence-electron chi connectivity index (χ1n) is 10.2. The van der Waals surface area contributed by atoms with Gasteiger partial charge in [0.2, 0.25) is 0 Å². The van der Waals surface area contributed by atoms with E-state index in [9.17, 15) is 18.4 Å². The average Bonchev–Trinajstić information content (AvgIpc) is 3.10. The number of thiophene rings is 1. The zero-order chi connectivity index (χ0) is 22.8. The van der Waals surface area contributed by atoms with E-state index in [0.717, 1.165) is 36.1 Å². The molecule has 1 atom stereocenters. The molecule has 1 N–H and O–H groups in total. The van der Waals surface area contributed by atoms with E-state index in [0.29, 0.717) is 16.5 Å². The highest BCUT2D eigenvalue weighted by Crippen LogP contribution is 2.45. The molecule has 0 spiro atoms. The van der Waals surface area contributed by atoms with Gasteiger partial charge in [0.25, 0.3) is 5.91 Å². The summed E-state index contributed by atoms with van der Waals surface area (Å²) in [5.74, 6) is -0.433. The maximum absolute atomic E-state index is 12.7. The molecule has 31 heavy (non-hydrogen) atoms. The molecule has 0 unspecified atom stereocenters. The zero-order valence-electron chi connectivity index (χ0n) is 18.1. The lowest BCUT2D eigenvalue weighted by molar-refractivity contribution is -0.0498. The summed E-state index contributed by atoms with van der Waals surface area (Å²) in [5, 5.41) is 3.28. The van der Waals surface area contributed by atoms with Crippen LogP contribution in [-0.4, -0.2) is 25.6 Å². The van der Waals surface area contributed by atoms with Gasteiger partial charge < -0.3 is 14.8 Å². The van der Waals surface area contributed by atoms with Crippen LogP contribution in [0.4, 0.5) is 13.8 Å². The second-order valence-corrected chi connectivity index (χ2v) is 9.44. The van der Waals surface area contributed by atoms with E-state index in [4.69, 9.17) is 4.74 Å². The number of anilines is 1. The number of hydrogen-bond donors (Lipinski definition) is 1.